The van der Waals surface area contributed by atoms with Crippen molar-refractivity contribution in [3.8, 4) is 0 Å². The van der Waals surface area contributed by atoms with Crippen LogP contribution in [0.15, 0.2) is 0 Å². The van der Waals surface area contributed by atoms with E-state index in [2.05, 4.69) is 47.9 Å². The summed E-state index contributed by atoms with van der Waals surface area (Å²) < 4.78 is 4.02. The molecule has 4 nitrogen and oxygen atoms in total. The lowest BCUT2D eigenvalue weighted by atomic mass is 10.1. The highest BCUT2D eigenvalue weighted by molar-refractivity contribution is 7.05. The lowest BCUT2D eigenvalue weighted by molar-refractivity contribution is 0.509. The molecule has 1 aromatic heterocycles. The molecule has 1 atom stereocenters. The summed E-state index contributed by atoms with van der Waals surface area (Å²) in [4.78, 5) is 1.26. The van der Waals surface area contributed by atoms with E-state index < -0.39 is 0 Å². The molecular formula is C11H22N4S. The molecule has 0 aromatic carbocycles. The Labute approximate surface area is 102 Å². The first-order valence-corrected chi connectivity index (χ1v) is 6.67. The normalized spacial score (nSPS) is 13.3. The van der Waals surface area contributed by atoms with Gasteiger partial charge in [0.1, 0.15) is 0 Å². The van der Waals surface area contributed by atoms with Crippen LogP contribution >= 0.6 is 11.5 Å². The molecular weight excluding hydrogens is 220 g/mol. The van der Waals surface area contributed by atoms with Crippen LogP contribution in [0.5, 0.6) is 0 Å². The van der Waals surface area contributed by atoms with Gasteiger partial charge in [-0.3, -0.25) is 0 Å². The number of likely N-dealkylation sites (N-methyl/N-ethyl adjacent to an activating group) is 1. The molecule has 0 fully saturated rings. The third-order valence-corrected chi connectivity index (χ3v) is 3.18. The van der Waals surface area contributed by atoms with Gasteiger partial charge in [-0.05, 0) is 30.9 Å². The van der Waals surface area contributed by atoms with E-state index in [4.69, 9.17) is 0 Å². The minimum Gasteiger partial charge on any atom is -0.315 e. The van der Waals surface area contributed by atoms with Crippen LogP contribution in [0.3, 0.4) is 0 Å². The first kappa shape index (κ1) is 13.5. The van der Waals surface area contributed by atoms with E-state index in [0.29, 0.717) is 12.0 Å². The summed E-state index contributed by atoms with van der Waals surface area (Å²) in [6, 6.07) is 0.474. The number of nitrogens with zero attached hydrogens (tertiary/aromatic N) is 2. The fraction of sp³-hybridized carbons (Fsp3) is 0.818. The van der Waals surface area contributed by atoms with Crippen molar-refractivity contribution in [2.24, 2.45) is 0 Å². The van der Waals surface area contributed by atoms with Gasteiger partial charge in [0.25, 0.3) is 0 Å². The van der Waals surface area contributed by atoms with E-state index in [1.165, 1.54) is 16.4 Å². The molecule has 0 saturated carbocycles. The van der Waals surface area contributed by atoms with Gasteiger partial charge in [-0.1, -0.05) is 25.3 Å². The molecule has 0 saturated heterocycles. The van der Waals surface area contributed by atoms with Crippen molar-refractivity contribution in [1.29, 1.82) is 0 Å². The molecule has 16 heavy (non-hydrogen) atoms. The smallest absolute Gasteiger partial charge is 0.0826 e. The molecule has 0 radical (unpaired) electrons. The molecule has 1 heterocycles. The SMILES string of the molecule is CCNCC(C)NCc1snnc1C(C)C. The standard InChI is InChI=1S/C11H22N4S/c1-5-12-6-9(4)13-7-10-11(8(2)3)14-15-16-10/h8-9,12-13H,5-7H2,1-4H3. The number of rotatable bonds is 7. The highest BCUT2D eigenvalue weighted by atomic mass is 32.1. The van der Waals surface area contributed by atoms with Crippen LogP contribution in [-0.2, 0) is 6.54 Å². The summed E-state index contributed by atoms with van der Waals surface area (Å²) in [6.45, 7) is 11.5. The van der Waals surface area contributed by atoms with Crippen LogP contribution < -0.4 is 10.6 Å². The molecule has 0 aliphatic rings. The molecule has 0 amide bonds. The van der Waals surface area contributed by atoms with Gasteiger partial charge in [0, 0.05) is 19.1 Å². The van der Waals surface area contributed by atoms with Crippen molar-refractivity contribution in [2.45, 2.75) is 46.2 Å². The predicted molar refractivity (Wildman–Crippen MR) is 68.8 cm³/mol. The van der Waals surface area contributed by atoms with Gasteiger partial charge in [0.2, 0.25) is 0 Å². The second-order valence-electron chi connectivity index (χ2n) is 4.33. The fourth-order valence-corrected chi connectivity index (χ4v) is 2.22. The summed E-state index contributed by atoms with van der Waals surface area (Å²) in [7, 11) is 0. The first-order valence-electron chi connectivity index (χ1n) is 5.90. The van der Waals surface area contributed by atoms with Gasteiger partial charge in [-0.2, -0.15) is 0 Å². The van der Waals surface area contributed by atoms with Crippen LogP contribution in [-0.4, -0.2) is 28.7 Å². The summed E-state index contributed by atoms with van der Waals surface area (Å²) in [5.41, 5.74) is 1.13. The average Bonchev–Trinajstić information content (AvgIpc) is 2.71. The van der Waals surface area contributed by atoms with Crippen LogP contribution in [0, 0.1) is 0 Å². The fourth-order valence-electron chi connectivity index (χ4n) is 1.48. The monoisotopic (exact) mass is 242 g/mol. The molecule has 0 spiro atoms. The maximum absolute atomic E-state index is 4.17. The lowest BCUT2D eigenvalue weighted by Gasteiger charge is -2.13. The van der Waals surface area contributed by atoms with E-state index in [9.17, 15) is 0 Å². The Morgan fingerprint density at radius 2 is 2.06 bits per heavy atom. The Kier molecular flexibility index (Phi) is 5.87. The average molecular weight is 242 g/mol. The van der Waals surface area contributed by atoms with E-state index in [-0.39, 0.29) is 0 Å². The zero-order chi connectivity index (χ0) is 12.0. The molecule has 0 bridgehead atoms. The quantitative estimate of drug-likeness (QED) is 0.765. The van der Waals surface area contributed by atoms with Gasteiger partial charge in [-0.15, -0.1) is 5.10 Å². The summed E-state index contributed by atoms with van der Waals surface area (Å²) in [5, 5.41) is 11.0. The molecule has 2 N–H and O–H groups in total. The summed E-state index contributed by atoms with van der Waals surface area (Å²) in [5.74, 6) is 0.458. The van der Waals surface area contributed by atoms with Crippen LogP contribution in [0.4, 0.5) is 0 Å². The topological polar surface area (TPSA) is 49.8 Å². The zero-order valence-corrected chi connectivity index (χ0v) is 11.4. The number of hydrogen-bond acceptors (Lipinski definition) is 5. The minimum absolute atomic E-state index is 0.458. The Morgan fingerprint density at radius 3 is 2.69 bits per heavy atom. The summed E-state index contributed by atoms with van der Waals surface area (Å²) in [6.07, 6.45) is 0. The van der Waals surface area contributed by atoms with Gasteiger partial charge < -0.3 is 10.6 Å². The molecule has 1 rings (SSSR count). The van der Waals surface area contributed by atoms with Gasteiger partial charge >= 0.3 is 0 Å². The number of nitrogens with one attached hydrogen (secondary N) is 2. The van der Waals surface area contributed by atoms with Crippen molar-refractivity contribution in [3.63, 3.8) is 0 Å². The zero-order valence-electron chi connectivity index (χ0n) is 10.6. The van der Waals surface area contributed by atoms with Gasteiger partial charge in [-0.25, -0.2) is 0 Å². The van der Waals surface area contributed by atoms with E-state index >= 15 is 0 Å². The maximum Gasteiger partial charge on any atom is 0.0826 e. The number of aromatic nitrogens is 2. The Bertz CT molecular complexity index is 298. The van der Waals surface area contributed by atoms with Gasteiger partial charge in [0.05, 0.1) is 10.6 Å². The van der Waals surface area contributed by atoms with E-state index in [1.54, 1.807) is 0 Å². The lowest BCUT2D eigenvalue weighted by Crippen LogP contribution is -2.35. The van der Waals surface area contributed by atoms with Gasteiger partial charge in [0.15, 0.2) is 0 Å². The van der Waals surface area contributed by atoms with Crippen molar-refractivity contribution in [1.82, 2.24) is 20.2 Å². The predicted octanol–water partition coefficient (Wildman–Crippen LogP) is 1.75. The van der Waals surface area contributed by atoms with Crippen LogP contribution in [0.25, 0.3) is 0 Å². The molecule has 0 aliphatic heterocycles. The van der Waals surface area contributed by atoms with Crippen LogP contribution in [0.2, 0.25) is 0 Å². The summed E-state index contributed by atoms with van der Waals surface area (Å²) >= 11 is 1.50. The second-order valence-corrected chi connectivity index (χ2v) is 5.16. The molecule has 0 aliphatic carbocycles. The molecule has 92 valence electrons. The third-order valence-electron chi connectivity index (χ3n) is 2.44. The second kappa shape index (κ2) is 6.93. The van der Waals surface area contributed by atoms with E-state index in [0.717, 1.165) is 25.3 Å². The van der Waals surface area contributed by atoms with E-state index in [1.807, 2.05) is 0 Å². The minimum atomic E-state index is 0.458. The largest absolute Gasteiger partial charge is 0.315 e. The van der Waals surface area contributed by atoms with Crippen LogP contribution in [0.1, 0.15) is 44.2 Å². The van der Waals surface area contributed by atoms with Crippen molar-refractivity contribution in [3.05, 3.63) is 10.6 Å². The van der Waals surface area contributed by atoms with Crippen molar-refractivity contribution >= 4 is 11.5 Å². The van der Waals surface area contributed by atoms with Crippen molar-refractivity contribution < 1.29 is 0 Å². The third kappa shape index (κ3) is 4.15. The Hall–Kier alpha value is -0.520. The molecule has 1 unspecified atom stereocenters. The maximum atomic E-state index is 4.17. The van der Waals surface area contributed by atoms with Crippen molar-refractivity contribution in [2.75, 3.05) is 13.1 Å². The highest BCUT2D eigenvalue weighted by Gasteiger charge is 2.11. The highest BCUT2D eigenvalue weighted by Crippen LogP contribution is 2.19. The Balaban J connectivity index is 2.39. The molecule has 1 aromatic rings. The number of hydrogen-bond donors (Lipinski definition) is 2. The first-order chi connectivity index (χ1) is 7.65. The Morgan fingerprint density at radius 1 is 1.31 bits per heavy atom. The molecule has 5 heteroatoms.